The molecule has 0 unspecified atom stereocenters. The van der Waals surface area contributed by atoms with Gasteiger partial charge in [0.1, 0.15) is 5.75 Å². The number of rotatable bonds is 4. The summed E-state index contributed by atoms with van der Waals surface area (Å²) >= 11 is 6.08. The highest BCUT2D eigenvalue weighted by molar-refractivity contribution is 6.33. The minimum atomic E-state index is 0.642. The second-order valence-electron chi connectivity index (χ2n) is 3.33. The fourth-order valence-corrected chi connectivity index (χ4v) is 1.59. The third-order valence-electron chi connectivity index (χ3n) is 2.24. The van der Waals surface area contributed by atoms with Crippen molar-refractivity contribution in [2.24, 2.45) is 0 Å². The van der Waals surface area contributed by atoms with E-state index in [9.17, 15) is 0 Å². The zero-order valence-corrected chi connectivity index (χ0v) is 9.62. The average Bonchev–Trinajstić information content (AvgIpc) is 2.80. The first-order valence-electron chi connectivity index (χ1n) is 4.88. The Morgan fingerprint density at radius 2 is 2.25 bits per heavy atom. The van der Waals surface area contributed by atoms with E-state index in [0.29, 0.717) is 11.6 Å². The predicted molar refractivity (Wildman–Crippen MR) is 64.0 cm³/mol. The van der Waals surface area contributed by atoms with Gasteiger partial charge in [0, 0.05) is 18.2 Å². The molecule has 0 aliphatic rings. The fraction of sp³-hybridized carbons (Fsp3) is 0.167. The second kappa shape index (κ2) is 4.94. The summed E-state index contributed by atoms with van der Waals surface area (Å²) < 4.78 is 10.0. The van der Waals surface area contributed by atoms with Crippen molar-refractivity contribution in [1.82, 2.24) is 0 Å². The van der Waals surface area contributed by atoms with Gasteiger partial charge in [0.05, 0.1) is 30.3 Å². The molecule has 0 saturated carbocycles. The molecule has 16 heavy (non-hydrogen) atoms. The molecule has 84 valence electrons. The van der Waals surface area contributed by atoms with Crippen molar-refractivity contribution < 1.29 is 9.15 Å². The number of nitrogens with one attached hydrogen (secondary N) is 1. The van der Waals surface area contributed by atoms with E-state index in [0.717, 1.165) is 17.0 Å². The molecule has 0 amide bonds. The van der Waals surface area contributed by atoms with Crippen LogP contribution in [0.2, 0.25) is 5.02 Å². The summed E-state index contributed by atoms with van der Waals surface area (Å²) in [5.41, 5.74) is 1.95. The quantitative estimate of drug-likeness (QED) is 0.883. The topological polar surface area (TPSA) is 34.4 Å². The van der Waals surface area contributed by atoms with E-state index in [1.165, 1.54) is 0 Å². The van der Waals surface area contributed by atoms with Crippen LogP contribution in [0.5, 0.6) is 5.75 Å². The van der Waals surface area contributed by atoms with Crippen LogP contribution in [0.4, 0.5) is 5.69 Å². The molecule has 1 N–H and O–H groups in total. The number of benzene rings is 1. The molecule has 0 radical (unpaired) electrons. The van der Waals surface area contributed by atoms with Gasteiger partial charge in [-0.1, -0.05) is 11.6 Å². The Balaban J connectivity index is 2.04. The first-order valence-corrected chi connectivity index (χ1v) is 5.26. The van der Waals surface area contributed by atoms with Crippen molar-refractivity contribution in [3.63, 3.8) is 0 Å². The van der Waals surface area contributed by atoms with Crippen LogP contribution < -0.4 is 10.1 Å². The summed E-state index contributed by atoms with van der Waals surface area (Å²) in [6, 6.07) is 7.44. The zero-order valence-electron chi connectivity index (χ0n) is 8.87. The van der Waals surface area contributed by atoms with Gasteiger partial charge >= 0.3 is 0 Å². The van der Waals surface area contributed by atoms with E-state index in [4.69, 9.17) is 20.8 Å². The van der Waals surface area contributed by atoms with Gasteiger partial charge in [-0.2, -0.15) is 0 Å². The van der Waals surface area contributed by atoms with E-state index in [1.54, 1.807) is 25.7 Å². The molecule has 3 nitrogen and oxygen atoms in total. The lowest BCUT2D eigenvalue weighted by Crippen LogP contribution is -1.98. The van der Waals surface area contributed by atoms with Crippen molar-refractivity contribution in [3.05, 3.63) is 47.4 Å². The van der Waals surface area contributed by atoms with Gasteiger partial charge in [-0.05, 0) is 18.2 Å². The van der Waals surface area contributed by atoms with Crippen LogP contribution in [0.1, 0.15) is 5.56 Å². The first kappa shape index (κ1) is 10.9. The van der Waals surface area contributed by atoms with Crippen molar-refractivity contribution in [2.75, 3.05) is 12.4 Å². The lowest BCUT2D eigenvalue weighted by molar-refractivity contribution is 0.415. The van der Waals surface area contributed by atoms with Crippen molar-refractivity contribution in [3.8, 4) is 5.75 Å². The molecule has 1 aromatic carbocycles. The first-order chi connectivity index (χ1) is 7.79. The summed E-state index contributed by atoms with van der Waals surface area (Å²) in [5.74, 6) is 0.749. The van der Waals surface area contributed by atoms with Crippen LogP contribution >= 0.6 is 11.6 Å². The molecule has 1 heterocycles. The maximum absolute atomic E-state index is 6.08. The monoisotopic (exact) mass is 237 g/mol. The SMILES string of the molecule is COc1ccc(NCc2ccoc2)c(Cl)c1. The lowest BCUT2D eigenvalue weighted by Gasteiger charge is -2.08. The summed E-state index contributed by atoms with van der Waals surface area (Å²) in [6.07, 6.45) is 3.34. The molecule has 0 fully saturated rings. The van der Waals surface area contributed by atoms with E-state index in [1.807, 2.05) is 18.2 Å². The smallest absolute Gasteiger partial charge is 0.120 e. The highest BCUT2D eigenvalue weighted by Gasteiger charge is 2.02. The third kappa shape index (κ3) is 2.49. The van der Waals surface area contributed by atoms with E-state index < -0.39 is 0 Å². The standard InChI is InChI=1S/C12H12ClNO2/c1-15-10-2-3-12(11(13)6-10)14-7-9-4-5-16-8-9/h2-6,8,14H,7H2,1H3. The lowest BCUT2D eigenvalue weighted by atomic mass is 10.2. The van der Waals surface area contributed by atoms with Gasteiger partial charge in [-0.3, -0.25) is 0 Å². The van der Waals surface area contributed by atoms with Gasteiger partial charge in [-0.25, -0.2) is 0 Å². The summed E-state index contributed by atoms with van der Waals surface area (Å²) in [6.45, 7) is 0.683. The van der Waals surface area contributed by atoms with Gasteiger partial charge in [0.15, 0.2) is 0 Å². The molecule has 0 atom stereocenters. The molecule has 2 rings (SSSR count). The van der Waals surface area contributed by atoms with Crippen LogP contribution in [0, 0.1) is 0 Å². The largest absolute Gasteiger partial charge is 0.497 e. The number of anilines is 1. The number of ether oxygens (including phenoxy) is 1. The average molecular weight is 238 g/mol. The molecule has 0 aliphatic carbocycles. The summed E-state index contributed by atoms with van der Waals surface area (Å²) in [4.78, 5) is 0. The van der Waals surface area contributed by atoms with Crippen LogP contribution in [0.3, 0.4) is 0 Å². The fourth-order valence-electron chi connectivity index (χ4n) is 1.36. The zero-order chi connectivity index (χ0) is 11.4. The van der Waals surface area contributed by atoms with Gasteiger partial charge in [0.25, 0.3) is 0 Å². The molecule has 1 aromatic heterocycles. The Morgan fingerprint density at radius 3 is 2.88 bits per heavy atom. The number of furan rings is 1. The molecule has 2 aromatic rings. The van der Waals surface area contributed by atoms with Gasteiger partial charge in [-0.15, -0.1) is 0 Å². The van der Waals surface area contributed by atoms with Crippen LogP contribution in [-0.2, 0) is 6.54 Å². The highest BCUT2D eigenvalue weighted by atomic mass is 35.5. The number of hydrogen-bond acceptors (Lipinski definition) is 3. The Bertz CT molecular complexity index is 454. The van der Waals surface area contributed by atoms with Crippen LogP contribution in [0.15, 0.2) is 41.2 Å². The highest BCUT2D eigenvalue weighted by Crippen LogP contribution is 2.26. The Hall–Kier alpha value is -1.61. The minimum Gasteiger partial charge on any atom is -0.497 e. The van der Waals surface area contributed by atoms with E-state index in [2.05, 4.69) is 5.32 Å². The van der Waals surface area contributed by atoms with Crippen LogP contribution in [0.25, 0.3) is 0 Å². The summed E-state index contributed by atoms with van der Waals surface area (Å²) in [5, 5.41) is 3.86. The molecular formula is C12H12ClNO2. The number of hydrogen-bond donors (Lipinski definition) is 1. The summed E-state index contributed by atoms with van der Waals surface area (Å²) in [7, 11) is 1.62. The normalized spacial score (nSPS) is 10.1. The molecule has 0 spiro atoms. The number of methoxy groups -OCH3 is 1. The maximum Gasteiger partial charge on any atom is 0.120 e. The second-order valence-corrected chi connectivity index (χ2v) is 3.74. The maximum atomic E-state index is 6.08. The third-order valence-corrected chi connectivity index (χ3v) is 2.55. The number of halogens is 1. The van der Waals surface area contributed by atoms with Gasteiger partial charge < -0.3 is 14.5 Å². The van der Waals surface area contributed by atoms with Crippen molar-refractivity contribution in [1.29, 1.82) is 0 Å². The predicted octanol–water partition coefficient (Wildman–Crippen LogP) is 3.55. The Labute approximate surface area is 99.0 Å². The van der Waals surface area contributed by atoms with E-state index in [-0.39, 0.29) is 0 Å². The van der Waals surface area contributed by atoms with Crippen molar-refractivity contribution >= 4 is 17.3 Å². The minimum absolute atomic E-state index is 0.642. The molecule has 0 aliphatic heterocycles. The molecule has 0 saturated heterocycles. The van der Waals surface area contributed by atoms with E-state index >= 15 is 0 Å². The molecular weight excluding hydrogens is 226 g/mol. The Kier molecular flexibility index (Phi) is 3.37. The Morgan fingerprint density at radius 1 is 1.38 bits per heavy atom. The van der Waals surface area contributed by atoms with Gasteiger partial charge in [0.2, 0.25) is 0 Å². The molecule has 0 bridgehead atoms. The van der Waals surface area contributed by atoms with Crippen molar-refractivity contribution in [2.45, 2.75) is 6.54 Å². The molecule has 4 heteroatoms. The van der Waals surface area contributed by atoms with Crippen LogP contribution in [-0.4, -0.2) is 7.11 Å².